The second-order valence-electron chi connectivity index (χ2n) is 4.36. The van der Waals surface area contributed by atoms with Gasteiger partial charge in [0.15, 0.2) is 5.11 Å². The molecule has 0 aliphatic carbocycles. The van der Waals surface area contributed by atoms with Crippen molar-refractivity contribution in [3.05, 3.63) is 58.1 Å². The molecule has 0 fully saturated rings. The van der Waals surface area contributed by atoms with Crippen LogP contribution in [0.1, 0.15) is 11.1 Å². The maximum atomic E-state index is 5.31. The van der Waals surface area contributed by atoms with Crippen LogP contribution in [0.25, 0.3) is 0 Å². The summed E-state index contributed by atoms with van der Waals surface area (Å²) in [4.78, 5) is 0. The third kappa shape index (κ3) is 3.78. The van der Waals surface area contributed by atoms with Gasteiger partial charge in [-0.2, -0.15) is 0 Å². The SMILES string of the molecule is Cc1ccc(NC(=S)Nc2ccccc2Br)cc1C. The first kappa shape index (κ1) is 14.0. The Bertz CT molecular complexity index is 611. The molecule has 2 rings (SSSR count). The van der Waals surface area contributed by atoms with Gasteiger partial charge in [-0.25, -0.2) is 0 Å². The second-order valence-corrected chi connectivity index (χ2v) is 5.62. The Labute approximate surface area is 127 Å². The van der Waals surface area contributed by atoms with Gasteiger partial charge in [0.05, 0.1) is 5.69 Å². The zero-order valence-electron chi connectivity index (χ0n) is 10.8. The van der Waals surface area contributed by atoms with E-state index in [9.17, 15) is 0 Å². The molecule has 0 saturated heterocycles. The molecule has 2 nitrogen and oxygen atoms in total. The van der Waals surface area contributed by atoms with Crippen LogP contribution >= 0.6 is 28.1 Å². The van der Waals surface area contributed by atoms with Gasteiger partial charge in [-0.05, 0) is 77.4 Å². The molecule has 0 bridgehead atoms. The molecule has 0 heterocycles. The minimum atomic E-state index is 0.579. The molecule has 4 heteroatoms. The Morgan fingerprint density at radius 3 is 2.42 bits per heavy atom. The van der Waals surface area contributed by atoms with Crippen LogP contribution in [0.2, 0.25) is 0 Å². The van der Waals surface area contributed by atoms with Crippen molar-refractivity contribution in [2.75, 3.05) is 10.6 Å². The Morgan fingerprint density at radius 1 is 1.00 bits per heavy atom. The molecule has 19 heavy (non-hydrogen) atoms. The predicted octanol–water partition coefficient (Wildman–Crippen LogP) is 4.87. The molecule has 0 saturated carbocycles. The zero-order valence-corrected chi connectivity index (χ0v) is 13.2. The van der Waals surface area contributed by atoms with E-state index < -0.39 is 0 Å². The lowest BCUT2D eigenvalue weighted by Crippen LogP contribution is -2.19. The molecular weight excluding hydrogens is 320 g/mol. The zero-order chi connectivity index (χ0) is 13.8. The maximum absolute atomic E-state index is 5.31. The predicted molar refractivity (Wildman–Crippen MR) is 89.9 cm³/mol. The van der Waals surface area contributed by atoms with Gasteiger partial charge in [0.2, 0.25) is 0 Å². The number of thiocarbonyl (C=S) groups is 1. The molecule has 2 N–H and O–H groups in total. The fourth-order valence-electron chi connectivity index (χ4n) is 1.67. The number of rotatable bonds is 2. The molecule has 0 aliphatic heterocycles. The highest BCUT2D eigenvalue weighted by atomic mass is 79.9. The lowest BCUT2D eigenvalue weighted by atomic mass is 10.1. The summed E-state index contributed by atoms with van der Waals surface area (Å²) in [5.41, 5.74) is 4.46. The van der Waals surface area contributed by atoms with Gasteiger partial charge in [0.25, 0.3) is 0 Å². The molecule has 2 aromatic rings. The molecular formula is C15H15BrN2S. The summed E-state index contributed by atoms with van der Waals surface area (Å²) in [6.07, 6.45) is 0. The van der Waals surface area contributed by atoms with E-state index in [1.807, 2.05) is 30.3 Å². The van der Waals surface area contributed by atoms with Gasteiger partial charge < -0.3 is 10.6 Å². The monoisotopic (exact) mass is 334 g/mol. The van der Waals surface area contributed by atoms with Gasteiger partial charge >= 0.3 is 0 Å². The lowest BCUT2D eigenvalue weighted by molar-refractivity contribution is 1.34. The Hall–Kier alpha value is -1.39. The van der Waals surface area contributed by atoms with E-state index in [-0.39, 0.29) is 0 Å². The number of nitrogens with one attached hydrogen (secondary N) is 2. The molecule has 0 radical (unpaired) electrons. The fraction of sp³-hybridized carbons (Fsp3) is 0.133. The second kappa shape index (κ2) is 6.17. The molecule has 0 unspecified atom stereocenters. The van der Waals surface area contributed by atoms with Crippen molar-refractivity contribution in [3.63, 3.8) is 0 Å². The van der Waals surface area contributed by atoms with E-state index in [0.29, 0.717) is 5.11 Å². The largest absolute Gasteiger partial charge is 0.332 e. The van der Waals surface area contributed by atoms with Crippen molar-refractivity contribution in [1.82, 2.24) is 0 Å². The Morgan fingerprint density at radius 2 is 1.74 bits per heavy atom. The van der Waals surface area contributed by atoms with Crippen LogP contribution in [0.4, 0.5) is 11.4 Å². The number of para-hydroxylation sites is 1. The standard InChI is InChI=1S/C15H15BrN2S/c1-10-7-8-12(9-11(10)2)17-15(19)18-14-6-4-3-5-13(14)16/h3-9H,1-2H3,(H2,17,18,19). The van der Waals surface area contributed by atoms with E-state index in [2.05, 4.69) is 52.5 Å². The van der Waals surface area contributed by atoms with E-state index in [1.165, 1.54) is 11.1 Å². The quantitative estimate of drug-likeness (QED) is 0.765. The van der Waals surface area contributed by atoms with E-state index in [0.717, 1.165) is 15.8 Å². The highest BCUT2D eigenvalue weighted by Gasteiger charge is 2.02. The third-order valence-electron chi connectivity index (χ3n) is 2.89. The summed E-state index contributed by atoms with van der Waals surface area (Å²) in [6.45, 7) is 4.18. The van der Waals surface area contributed by atoms with Crippen LogP contribution in [-0.2, 0) is 0 Å². The molecule has 0 aromatic heterocycles. The first-order valence-corrected chi connectivity index (χ1v) is 7.16. The van der Waals surface area contributed by atoms with Gasteiger partial charge in [-0.1, -0.05) is 18.2 Å². The van der Waals surface area contributed by atoms with Crippen molar-refractivity contribution >= 4 is 44.6 Å². The lowest BCUT2D eigenvalue weighted by Gasteiger charge is -2.12. The number of halogens is 1. The van der Waals surface area contributed by atoms with Crippen LogP contribution in [0, 0.1) is 13.8 Å². The summed E-state index contributed by atoms with van der Waals surface area (Å²) >= 11 is 8.79. The smallest absolute Gasteiger partial charge is 0.175 e. The summed E-state index contributed by atoms with van der Waals surface area (Å²) in [7, 11) is 0. The molecule has 98 valence electrons. The molecule has 2 aromatic carbocycles. The van der Waals surface area contributed by atoms with Crippen molar-refractivity contribution in [2.45, 2.75) is 13.8 Å². The number of anilines is 2. The van der Waals surface area contributed by atoms with Crippen molar-refractivity contribution in [2.24, 2.45) is 0 Å². The van der Waals surface area contributed by atoms with Crippen LogP contribution < -0.4 is 10.6 Å². The number of aryl methyl sites for hydroxylation is 2. The summed E-state index contributed by atoms with van der Waals surface area (Å²) < 4.78 is 0.985. The Kier molecular flexibility index (Phi) is 4.56. The van der Waals surface area contributed by atoms with Gasteiger partial charge in [-0.15, -0.1) is 0 Å². The van der Waals surface area contributed by atoms with Crippen molar-refractivity contribution in [1.29, 1.82) is 0 Å². The summed E-state index contributed by atoms with van der Waals surface area (Å²) in [6, 6.07) is 14.1. The van der Waals surface area contributed by atoms with Crippen molar-refractivity contribution < 1.29 is 0 Å². The minimum absolute atomic E-state index is 0.579. The van der Waals surface area contributed by atoms with E-state index in [1.54, 1.807) is 0 Å². The van der Waals surface area contributed by atoms with Crippen LogP contribution in [0.15, 0.2) is 46.9 Å². The van der Waals surface area contributed by atoms with E-state index in [4.69, 9.17) is 12.2 Å². The average molecular weight is 335 g/mol. The summed E-state index contributed by atoms with van der Waals surface area (Å²) in [5, 5.41) is 6.93. The normalized spacial score (nSPS) is 10.1. The highest BCUT2D eigenvalue weighted by Crippen LogP contribution is 2.21. The van der Waals surface area contributed by atoms with E-state index >= 15 is 0 Å². The molecule has 0 aliphatic rings. The van der Waals surface area contributed by atoms with Crippen LogP contribution in [0.5, 0.6) is 0 Å². The number of hydrogen-bond donors (Lipinski definition) is 2. The Balaban J connectivity index is 2.05. The molecule has 0 amide bonds. The first-order chi connectivity index (χ1) is 9.06. The minimum Gasteiger partial charge on any atom is -0.332 e. The summed E-state index contributed by atoms with van der Waals surface area (Å²) in [5.74, 6) is 0. The topological polar surface area (TPSA) is 24.1 Å². The fourth-order valence-corrected chi connectivity index (χ4v) is 2.28. The molecule has 0 spiro atoms. The third-order valence-corrected chi connectivity index (χ3v) is 3.78. The maximum Gasteiger partial charge on any atom is 0.175 e. The van der Waals surface area contributed by atoms with Gasteiger partial charge in [0.1, 0.15) is 0 Å². The average Bonchev–Trinajstić information content (AvgIpc) is 2.37. The molecule has 0 atom stereocenters. The number of hydrogen-bond acceptors (Lipinski definition) is 1. The first-order valence-electron chi connectivity index (χ1n) is 5.96. The van der Waals surface area contributed by atoms with Gasteiger partial charge in [-0.3, -0.25) is 0 Å². The van der Waals surface area contributed by atoms with Crippen molar-refractivity contribution in [3.8, 4) is 0 Å². The van der Waals surface area contributed by atoms with Crippen LogP contribution in [-0.4, -0.2) is 5.11 Å². The number of benzene rings is 2. The van der Waals surface area contributed by atoms with Gasteiger partial charge in [0, 0.05) is 10.2 Å². The highest BCUT2D eigenvalue weighted by molar-refractivity contribution is 9.10. The van der Waals surface area contributed by atoms with Crippen LogP contribution in [0.3, 0.4) is 0 Å².